The molecule has 0 aliphatic carbocycles. The number of amides is 1. The van der Waals surface area contributed by atoms with Crippen molar-refractivity contribution < 1.29 is 9.90 Å². The second-order valence-corrected chi connectivity index (χ2v) is 6.80. The summed E-state index contributed by atoms with van der Waals surface area (Å²) in [5, 5.41) is 10.7. The quantitative estimate of drug-likeness (QED) is 0.896. The van der Waals surface area contributed by atoms with Crippen LogP contribution in [0.25, 0.3) is 11.5 Å². The first-order valence-corrected chi connectivity index (χ1v) is 8.37. The summed E-state index contributed by atoms with van der Waals surface area (Å²) in [6.45, 7) is 1.49. The van der Waals surface area contributed by atoms with Crippen LogP contribution in [0.3, 0.4) is 0 Å². The fraction of sp³-hybridized carbons (Fsp3) is 0.444. The smallest absolute Gasteiger partial charge is 0.257 e. The van der Waals surface area contributed by atoms with Crippen molar-refractivity contribution in [3.8, 4) is 11.5 Å². The zero-order valence-electron chi connectivity index (χ0n) is 14.6. The molecule has 0 spiro atoms. The van der Waals surface area contributed by atoms with E-state index in [1.54, 1.807) is 11.1 Å². The van der Waals surface area contributed by atoms with E-state index in [0.717, 1.165) is 6.42 Å². The van der Waals surface area contributed by atoms with E-state index in [2.05, 4.69) is 15.0 Å². The average molecular weight is 341 g/mol. The lowest BCUT2D eigenvalue weighted by Crippen LogP contribution is -2.54. The Morgan fingerprint density at radius 2 is 2.04 bits per heavy atom. The Hall–Kier alpha value is -2.38. The molecule has 0 aromatic carbocycles. The van der Waals surface area contributed by atoms with E-state index in [-0.39, 0.29) is 5.91 Å². The maximum absolute atomic E-state index is 12.7. The highest BCUT2D eigenvalue weighted by molar-refractivity contribution is 5.93. The first-order valence-electron chi connectivity index (χ1n) is 8.37. The van der Waals surface area contributed by atoms with Gasteiger partial charge in [-0.3, -0.25) is 9.78 Å². The van der Waals surface area contributed by atoms with Crippen molar-refractivity contribution >= 4 is 5.91 Å². The number of β-amino-alcohol motifs (C(OH)–C–C–N with tert-alkyl or cyclic N) is 1. The molecule has 1 aliphatic heterocycles. The number of likely N-dealkylation sites (N-methyl/N-ethyl adjacent to an activating group) is 1. The molecule has 1 fully saturated rings. The summed E-state index contributed by atoms with van der Waals surface area (Å²) >= 11 is 0. The van der Waals surface area contributed by atoms with Crippen molar-refractivity contribution in [1.82, 2.24) is 24.8 Å². The van der Waals surface area contributed by atoms with Crippen LogP contribution in [-0.4, -0.2) is 75.1 Å². The lowest BCUT2D eigenvalue weighted by atomic mass is 9.92. The van der Waals surface area contributed by atoms with Gasteiger partial charge in [-0.2, -0.15) is 0 Å². The summed E-state index contributed by atoms with van der Waals surface area (Å²) in [4.78, 5) is 29.1. The summed E-state index contributed by atoms with van der Waals surface area (Å²) in [7, 11) is 3.84. The standard InChI is InChI=1S/C18H23N5O2/c1-22(2)12-18(25)7-5-9-23(13-18)17(24)14-10-20-16(21-11-14)15-6-3-4-8-19-15/h3-4,6,8,10-11,25H,5,7,9,12-13H2,1-2H3/t18-/m0/s1. The molecule has 7 nitrogen and oxygen atoms in total. The van der Waals surface area contributed by atoms with Gasteiger partial charge in [0.15, 0.2) is 5.82 Å². The number of piperidine rings is 1. The molecule has 0 unspecified atom stereocenters. The molecule has 132 valence electrons. The van der Waals surface area contributed by atoms with Gasteiger partial charge in [0.05, 0.1) is 17.7 Å². The van der Waals surface area contributed by atoms with Gasteiger partial charge in [-0.15, -0.1) is 0 Å². The fourth-order valence-electron chi connectivity index (χ4n) is 3.25. The van der Waals surface area contributed by atoms with Gasteiger partial charge in [-0.05, 0) is 39.1 Å². The monoisotopic (exact) mass is 341 g/mol. The minimum absolute atomic E-state index is 0.149. The molecular formula is C18H23N5O2. The van der Waals surface area contributed by atoms with Crippen LogP contribution >= 0.6 is 0 Å². The molecule has 1 amide bonds. The van der Waals surface area contributed by atoms with Gasteiger partial charge in [0, 0.05) is 31.7 Å². The van der Waals surface area contributed by atoms with E-state index in [1.807, 2.05) is 37.2 Å². The second kappa shape index (κ2) is 7.25. The van der Waals surface area contributed by atoms with Crippen LogP contribution < -0.4 is 0 Å². The van der Waals surface area contributed by atoms with Gasteiger partial charge >= 0.3 is 0 Å². The molecule has 0 radical (unpaired) electrons. The van der Waals surface area contributed by atoms with Gasteiger partial charge in [0.2, 0.25) is 0 Å². The number of aromatic nitrogens is 3. The molecule has 25 heavy (non-hydrogen) atoms. The van der Waals surface area contributed by atoms with Crippen molar-refractivity contribution in [2.45, 2.75) is 18.4 Å². The molecule has 0 saturated carbocycles. The van der Waals surface area contributed by atoms with Crippen LogP contribution in [0, 0.1) is 0 Å². The SMILES string of the molecule is CN(C)C[C@@]1(O)CCCN(C(=O)c2cnc(-c3ccccn3)nc2)C1. The summed E-state index contributed by atoms with van der Waals surface area (Å²) in [5.74, 6) is 0.337. The zero-order valence-corrected chi connectivity index (χ0v) is 14.6. The first-order chi connectivity index (χ1) is 12.0. The van der Waals surface area contributed by atoms with Crippen molar-refractivity contribution in [2.24, 2.45) is 0 Å². The number of pyridine rings is 1. The third-order valence-corrected chi connectivity index (χ3v) is 4.25. The summed E-state index contributed by atoms with van der Waals surface area (Å²) in [5.41, 5.74) is 0.222. The maximum atomic E-state index is 12.7. The van der Waals surface area contributed by atoms with Crippen LogP contribution in [0.5, 0.6) is 0 Å². The Morgan fingerprint density at radius 1 is 1.28 bits per heavy atom. The maximum Gasteiger partial charge on any atom is 0.257 e. The van der Waals surface area contributed by atoms with Gasteiger partial charge in [0.25, 0.3) is 5.91 Å². The third-order valence-electron chi connectivity index (χ3n) is 4.25. The van der Waals surface area contributed by atoms with E-state index in [4.69, 9.17) is 0 Å². The van der Waals surface area contributed by atoms with Gasteiger partial charge < -0.3 is 14.9 Å². The largest absolute Gasteiger partial charge is 0.387 e. The highest BCUT2D eigenvalue weighted by Crippen LogP contribution is 2.23. The van der Waals surface area contributed by atoms with Gasteiger partial charge in [-0.25, -0.2) is 9.97 Å². The van der Waals surface area contributed by atoms with Crippen LogP contribution in [0.15, 0.2) is 36.8 Å². The minimum Gasteiger partial charge on any atom is -0.387 e. The van der Waals surface area contributed by atoms with E-state index in [9.17, 15) is 9.90 Å². The molecule has 0 bridgehead atoms. The highest BCUT2D eigenvalue weighted by Gasteiger charge is 2.36. The number of carbonyl (C=O) groups is 1. The van der Waals surface area contributed by atoms with Crippen molar-refractivity contribution in [2.75, 3.05) is 33.7 Å². The van der Waals surface area contributed by atoms with E-state index < -0.39 is 5.60 Å². The Morgan fingerprint density at radius 3 is 2.68 bits per heavy atom. The van der Waals surface area contributed by atoms with Crippen LogP contribution in [0.2, 0.25) is 0 Å². The Kier molecular flexibility index (Phi) is 5.06. The summed E-state index contributed by atoms with van der Waals surface area (Å²) in [6, 6.07) is 5.51. The van der Waals surface area contributed by atoms with E-state index >= 15 is 0 Å². The minimum atomic E-state index is -0.869. The van der Waals surface area contributed by atoms with Gasteiger partial charge in [-0.1, -0.05) is 6.07 Å². The van der Waals surface area contributed by atoms with Gasteiger partial charge in [0.1, 0.15) is 5.69 Å². The molecule has 1 N–H and O–H groups in total. The number of carbonyl (C=O) groups excluding carboxylic acids is 1. The predicted octanol–water partition coefficient (Wildman–Crippen LogP) is 1.07. The Bertz CT molecular complexity index is 720. The number of hydrogen-bond acceptors (Lipinski definition) is 6. The number of rotatable bonds is 4. The van der Waals surface area contributed by atoms with Crippen LogP contribution in [0.1, 0.15) is 23.2 Å². The third kappa shape index (κ3) is 4.18. The zero-order chi connectivity index (χ0) is 17.9. The molecule has 1 aliphatic rings. The molecule has 1 atom stereocenters. The lowest BCUT2D eigenvalue weighted by molar-refractivity contribution is -0.0391. The van der Waals surface area contributed by atoms with Crippen molar-refractivity contribution in [1.29, 1.82) is 0 Å². The Labute approximate surface area is 147 Å². The molecule has 2 aromatic heterocycles. The molecule has 2 aromatic rings. The summed E-state index contributed by atoms with van der Waals surface area (Å²) < 4.78 is 0. The van der Waals surface area contributed by atoms with Crippen molar-refractivity contribution in [3.05, 3.63) is 42.4 Å². The number of hydrogen-bond donors (Lipinski definition) is 1. The van der Waals surface area contributed by atoms with Crippen LogP contribution in [-0.2, 0) is 0 Å². The van der Waals surface area contributed by atoms with Crippen LogP contribution in [0.4, 0.5) is 0 Å². The molecule has 1 saturated heterocycles. The molecule has 3 heterocycles. The van der Waals surface area contributed by atoms with Crippen molar-refractivity contribution in [3.63, 3.8) is 0 Å². The number of nitrogens with zero attached hydrogens (tertiary/aromatic N) is 5. The van der Waals surface area contributed by atoms with E-state index in [0.29, 0.717) is 43.1 Å². The lowest BCUT2D eigenvalue weighted by Gasteiger charge is -2.40. The first kappa shape index (κ1) is 17.4. The highest BCUT2D eigenvalue weighted by atomic mass is 16.3. The Balaban J connectivity index is 1.72. The second-order valence-electron chi connectivity index (χ2n) is 6.80. The number of likely N-dealkylation sites (tertiary alicyclic amines) is 1. The summed E-state index contributed by atoms with van der Waals surface area (Å²) in [6.07, 6.45) is 6.21. The molecule has 7 heteroatoms. The fourth-order valence-corrected chi connectivity index (χ4v) is 3.25. The van der Waals surface area contributed by atoms with E-state index in [1.165, 1.54) is 12.4 Å². The topological polar surface area (TPSA) is 82.5 Å². The molecule has 3 rings (SSSR count). The predicted molar refractivity (Wildman–Crippen MR) is 93.9 cm³/mol. The number of aliphatic hydroxyl groups is 1. The molecular weight excluding hydrogens is 318 g/mol. The average Bonchev–Trinajstić information content (AvgIpc) is 2.61. The normalized spacial score (nSPS) is 20.7.